The molecule has 0 saturated heterocycles. The predicted molar refractivity (Wildman–Crippen MR) is 87.1 cm³/mol. The van der Waals surface area contributed by atoms with Gasteiger partial charge in [-0.15, -0.1) is 0 Å². The zero-order valence-electron chi connectivity index (χ0n) is 13.8. The first-order chi connectivity index (χ1) is 9.67. The van der Waals surface area contributed by atoms with E-state index in [0.717, 1.165) is 29.7 Å². The van der Waals surface area contributed by atoms with Gasteiger partial charge in [0.05, 0.1) is 0 Å². The number of hydrogen-bond donors (Lipinski definition) is 1. The summed E-state index contributed by atoms with van der Waals surface area (Å²) >= 11 is 0. The Morgan fingerprint density at radius 3 is 2.33 bits per heavy atom. The van der Waals surface area contributed by atoms with Gasteiger partial charge in [0.1, 0.15) is 5.52 Å². The number of nitrogens with two attached hydrogens (primary N) is 1. The number of nitrogen functional groups attached to an aromatic ring is 1. The van der Waals surface area contributed by atoms with Crippen LogP contribution in [0.5, 0.6) is 0 Å². The first kappa shape index (κ1) is 14.4. The van der Waals surface area contributed by atoms with Crippen molar-refractivity contribution in [2.75, 3.05) is 5.73 Å². The molecule has 1 aliphatic carbocycles. The zero-order valence-corrected chi connectivity index (χ0v) is 13.8. The van der Waals surface area contributed by atoms with Crippen molar-refractivity contribution in [2.45, 2.75) is 59.9 Å². The molecule has 1 aliphatic rings. The lowest BCUT2D eigenvalue weighted by molar-refractivity contribution is 0.0745. The molecule has 0 amide bonds. The van der Waals surface area contributed by atoms with Crippen LogP contribution >= 0.6 is 0 Å². The lowest BCUT2D eigenvalue weighted by atomic mass is 9.63. The Hall–Kier alpha value is -1.58. The second-order valence-electron chi connectivity index (χ2n) is 8.20. The summed E-state index contributed by atoms with van der Waals surface area (Å²) in [5.74, 6) is 0.599. The van der Waals surface area contributed by atoms with Crippen LogP contribution in [-0.4, -0.2) is 14.5 Å². The van der Waals surface area contributed by atoms with Crippen molar-refractivity contribution in [1.29, 1.82) is 0 Å². The Labute approximate surface area is 126 Å². The van der Waals surface area contributed by atoms with Gasteiger partial charge >= 0.3 is 0 Å². The van der Waals surface area contributed by atoms with Crippen molar-refractivity contribution in [3.63, 3.8) is 0 Å². The lowest BCUT2D eigenvalue weighted by Crippen LogP contribution is -2.35. The van der Waals surface area contributed by atoms with Gasteiger partial charge in [-0.2, -0.15) is 0 Å². The second kappa shape index (κ2) is 4.46. The second-order valence-corrected chi connectivity index (χ2v) is 8.20. The van der Waals surface area contributed by atoms with Gasteiger partial charge < -0.3 is 5.73 Å². The van der Waals surface area contributed by atoms with E-state index in [-0.39, 0.29) is 0 Å². The zero-order chi connectivity index (χ0) is 15.4. The minimum absolute atomic E-state index is 0.319. The van der Waals surface area contributed by atoms with Crippen molar-refractivity contribution in [3.8, 4) is 0 Å². The van der Waals surface area contributed by atoms with Gasteiger partial charge in [-0.05, 0) is 49.1 Å². The third-order valence-corrected chi connectivity index (χ3v) is 4.60. The number of rotatable bonds is 1. The predicted octanol–water partition coefficient (Wildman–Crippen LogP) is 4.10. The van der Waals surface area contributed by atoms with Gasteiger partial charge in [0.25, 0.3) is 0 Å². The Kier molecular flexibility index (Phi) is 3.05. The highest BCUT2D eigenvalue weighted by Crippen LogP contribution is 2.50. The minimum atomic E-state index is 0.319. The van der Waals surface area contributed by atoms with Crippen LogP contribution in [0.2, 0.25) is 0 Å². The Morgan fingerprint density at radius 2 is 1.71 bits per heavy atom. The highest BCUT2D eigenvalue weighted by Gasteiger charge is 2.40. The smallest absolute Gasteiger partial charge is 0.202 e. The van der Waals surface area contributed by atoms with E-state index < -0.39 is 0 Å². The van der Waals surface area contributed by atoms with Crippen LogP contribution in [-0.2, 0) is 0 Å². The van der Waals surface area contributed by atoms with Crippen molar-refractivity contribution in [1.82, 2.24) is 14.5 Å². The van der Waals surface area contributed by atoms with E-state index in [9.17, 15) is 0 Å². The quantitative estimate of drug-likeness (QED) is 0.858. The number of aromatic nitrogens is 3. The van der Waals surface area contributed by atoms with Crippen LogP contribution < -0.4 is 5.73 Å². The summed E-state index contributed by atoms with van der Waals surface area (Å²) in [5, 5.41) is 0. The monoisotopic (exact) mass is 286 g/mol. The highest BCUT2D eigenvalue weighted by molar-refractivity contribution is 5.74. The van der Waals surface area contributed by atoms with Crippen molar-refractivity contribution < 1.29 is 0 Å². The minimum Gasteiger partial charge on any atom is -0.369 e. The Morgan fingerprint density at radius 1 is 1.10 bits per heavy atom. The maximum absolute atomic E-state index is 6.22. The van der Waals surface area contributed by atoms with Gasteiger partial charge in [-0.25, -0.2) is 9.97 Å². The van der Waals surface area contributed by atoms with Crippen LogP contribution in [0.4, 0.5) is 5.95 Å². The number of fused-ring (bicyclic) bond motifs is 1. The van der Waals surface area contributed by atoms with E-state index >= 15 is 0 Å². The summed E-state index contributed by atoms with van der Waals surface area (Å²) < 4.78 is 2.17. The number of anilines is 1. The molecule has 4 heteroatoms. The summed E-state index contributed by atoms with van der Waals surface area (Å²) in [7, 11) is 0. The SMILES string of the molecule is Cc1ccc2nc(N)n(C3CC(C)(C)CC(C)(C)C3)c2n1. The fourth-order valence-electron chi connectivity index (χ4n) is 4.42. The van der Waals surface area contributed by atoms with Crippen LogP contribution in [0, 0.1) is 17.8 Å². The van der Waals surface area contributed by atoms with Crippen LogP contribution in [0.15, 0.2) is 12.1 Å². The first-order valence-corrected chi connectivity index (χ1v) is 7.78. The average Bonchev–Trinajstić information content (AvgIpc) is 2.60. The molecular weight excluding hydrogens is 260 g/mol. The molecule has 0 unspecified atom stereocenters. The Bertz CT molecular complexity index is 665. The molecule has 3 rings (SSSR count). The number of imidazole rings is 1. The maximum atomic E-state index is 6.22. The molecule has 0 radical (unpaired) electrons. The van der Waals surface area contributed by atoms with Gasteiger partial charge in [0, 0.05) is 11.7 Å². The fourth-order valence-corrected chi connectivity index (χ4v) is 4.42. The highest BCUT2D eigenvalue weighted by atomic mass is 15.2. The molecule has 2 aromatic heterocycles. The first-order valence-electron chi connectivity index (χ1n) is 7.78. The normalized spacial score (nSPS) is 21.8. The summed E-state index contributed by atoms with van der Waals surface area (Å²) in [6, 6.07) is 4.39. The van der Waals surface area contributed by atoms with Crippen molar-refractivity contribution in [2.24, 2.45) is 10.8 Å². The standard InChI is InChI=1S/C17H26N4/c1-11-6-7-13-14(19-11)21(15(18)20-13)12-8-16(2,3)10-17(4,5)9-12/h6-7,12H,8-10H2,1-5H3,(H2,18,20). The van der Waals surface area contributed by atoms with Gasteiger partial charge in [-0.1, -0.05) is 27.7 Å². The number of pyridine rings is 1. The number of nitrogens with zero attached hydrogens (tertiary/aromatic N) is 3. The topological polar surface area (TPSA) is 56.7 Å². The van der Waals surface area contributed by atoms with E-state index in [4.69, 9.17) is 5.73 Å². The van der Waals surface area contributed by atoms with Gasteiger partial charge in [0.15, 0.2) is 5.65 Å². The number of aryl methyl sites for hydroxylation is 1. The third-order valence-electron chi connectivity index (χ3n) is 4.60. The molecule has 0 aliphatic heterocycles. The van der Waals surface area contributed by atoms with Crippen molar-refractivity contribution >= 4 is 17.1 Å². The van der Waals surface area contributed by atoms with E-state index in [1.165, 1.54) is 6.42 Å². The molecule has 0 bridgehead atoms. The maximum Gasteiger partial charge on any atom is 0.202 e. The molecule has 1 saturated carbocycles. The summed E-state index contributed by atoms with van der Waals surface area (Å²) in [4.78, 5) is 9.19. The van der Waals surface area contributed by atoms with Crippen LogP contribution in [0.25, 0.3) is 11.2 Å². The summed E-state index contributed by atoms with van der Waals surface area (Å²) in [6.07, 6.45) is 3.50. The average molecular weight is 286 g/mol. The molecule has 1 fully saturated rings. The lowest BCUT2D eigenvalue weighted by Gasteiger charge is -2.45. The van der Waals surface area contributed by atoms with Crippen LogP contribution in [0.1, 0.15) is 58.7 Å². The van der Waals surface area contributed by atoms with E-state index in [2.05, 4.69) is 42.2 Å². The largest absolute Gasteiger partial charge is 0.369 e. The van der Waals surface area contributed by atoms with Crippen LogP contribution in [0.3, 0.4) is 0 Å². The molecule has 0 spiro atoms. The molecular formula is C17H26N4. The van der Waals surface area contributed by atoms with Crippen molar-refractivity contribution in [3.05, 3.63) is 17.8 Å². The Balaban J connectivity index is 2.11. The molecule has 4 nitrogen and oxygen atoms in total. The molecule has 2 aromatic rings. The molecule has 0 aromatic carbocycles. The molecule has 2 heterocycles. The van der Waals surface area contributed by atoms with E-state index in [1.54, 1.807) is 0 Å². The summed E-state index contributed by atoms with van der Waals surface area (Å²) in [6.45, 7) is 11.4. The number of hydrogen-bond acceptors (Lipinski definition) is 3. The molecule has 2 N–H and O–H groups in total. The fraction of sp³-hybridized carbons (Fsp3) is 0.647. The van der Waals surface area contributed by atoms with Gasteiger partial charge in [0.2, 0.25) is 5.95 Å². The molecule has 0 atom stereocenters. The van der Waals surface area contributed by atoms with E-state index in [0.29, 0.717) is 22.8 Å². The van der Waals surface area contributed by atoms with E-state index in [1.807, 2.05) is 19.1 Å². The summed E-state index contributed by atoms with van der Waals surface area (Å²) in [5.41, 5.74) is 9.71. The molecule has 114 valence electrons. The van der Waals surface area contributed by atoms with Gasteiger partial charge in [-0.3, -0.25) is 4.57 Å². The molecule has 21 heavy (non-hydrogen) atoms. The third kappa shape index (κ3) is 2.63.